The smallest absolute Gasteiger partial charge is 0.408 e. The highest BCUT2D eigenvalue weighted by molar-refractivity contribution is 5.78. The molecule has 2 aliphatic rings. The van der Waals surface area contributed by atoms with Gasteiger partial charge in [-0.15, -0.1) is 0 Å². The zero-order valence-corrected chi connectivity index (χ0v) is 16.9. The first-order chi connectivity index (χ1) is 15.0. The fourth-order valence-electron chi connectivity index (χ4n) is 4.39. The van der Waals surface area contributed by atoms with Crippen LogP contribution in [0.15, 0.2) is 57.8 Å². The molecular formula is C23H24FN3O4. The molecule has 0 amide bonds. The Hall–Kier alpha value is -2.94. The molecule has 5 rings (SSSR count). The Labute approximate surface area is 178 Å². The number of aromatic nitrogens is 1. The van der Waals surface area contributed by atoms with E-state index in [9.17, 15) is 14.3 Å². The number of piperidine rings is 1. The van der Waals surface area contributed by atoms with Crippen molar-refractivity contribution >= 4 is 16.8 Å². The van der Waals surface area contributed by atoms with Crippen LogP contribution in [0.4, 0.5) is 4.39 Å². The molecule has 2 unspecified atom stereocenters. The molecule has 2 atom stereocenters. The molecule has 8 heteroatoms. The minimum atomic E-state index is -0.568. The van der Waals surface area contributed by atoms with E-state index in [0.717, 1.165) is 49.3 Å². The first kappa shape index (κ1) is 20.0. The molecule has 1 saturated heterocycles. The van der Waals surface area contributed by atoms with Gasteiger partial charge in [0.1, 0.15) is 11.9 Å². The van der Waals surface area contributed by atoms with Gasteiger partial charge in [-0.1, -0.05) is 18.2 Å². The number of aliphatic hydroxyl groups excluding tert-OH is 1. The number of hydroxylamine groups is 1. The third-order valence-corrected chi connectivity index (χ3v) is 6.13. The van der Waals surface area contributed by atoms with E-state index in [-0.39, 0.29) is 17.8 Å². The molecule has 0 spiro atoms. The molecule has 2 aliphatic heterocycles. The van der Waals surface area contributed by atoms with Gasteiger partial charge in [-0.05, 0) is 67.8 Å². The summed E-state index contributed by atoms with van der Waals surface area (Å²) >= 11 is 0. The predicted octanol–water partition coefficient (Wildman–Crippen LogP) is 2.95. The summed E-state index contributed by atoms with van der Waals surface area (Å²) in [5, 5.41) is 10.6. The van der Waals surface area contributed by atoms with Crippen LogP contribution < -0.4 is 11.2 Å². The number of aromatic amines is 1. The molecule has 0 bridgehead atoms. The van der Waals surface area contributed by atoms with Gasteiger partial charge in [-0.2, -0.15) is 0 Å². The van der Waals surface area contributed by atoms with Crippen molar-refractivity contribution in [2.45, 2.75) is 25.0 Å². The summed E-state index contributed by atoms with van der Waals surface area (Å²) in [6, 6.07) is 11.6. The van der Waals surface area contributed by atoms with Crippen LogP contribution in [0.1, 0.15) is 30.1 Å². The van der Waals surface area contributed by atoms with Crippen LogP contribution in [-0.2, 0) is 4.84 Å². The lowest BCUT2D eigenvalue weighted by atomic mass is 9.87. The molecule has 7 nitrogen and oxygen atoms in total. The van der Waals surface area contributed by atoms with E-state index in [1.807, 2.05) is 18.2 Å². The molecule has 3 heterocycles. The first-order valence-corrected chi connectivity index (χ1v) is 10.5. The highest BCUT2D eigenvalue weighted by atomic mass is 19.1. The molecule has 3 N–H and O–H groups in total. The second-order valence-corrected chi connectivity index (χ2v) is 8.20. The van der Waals surface area contributed by atoms with Crippen LogP contribution in [0, 0.1) is 11.7 Å². The maximum Gasteiger partial charge on any atom is 0.417 e. The van der Waals surface area contributed by atoms with Gasteiger partial charge in [-0.3, -0.25) is 15.3 Å². The quantitative estimate of drug-likeness (QED) is 0.582. The zero-order chi connectivity index (χ0) is 21.4. The summed E-state index contributed by atoms with van der Waals surface area (Å²) in [6.07, 6.45) is 3.12. The van der Waals surface area contributed by atoms with E-state index >= 15 is 0 Å². The third kappa shape index (κ3) is 4.27. The maximum absolute atomic E-state index is 13.1. The SMILES string of the molecule is O=c1[nH]c2ccc(C3=CC(CN4CCC(C(O)c5ccc(F)cc5)CC4)ON3)cc2o1. The lowest BCUT2D eigenvalue weighted by Crippen LogP contribution is -2.40. The Balaban J connectivity index is 1.17. The molecule has 0 radical (unpaired) electrons. The van der Waals surface area contributed by atoms with E-state index in [1.54, 1.807) is 18.2 Å². The number of hydrogen-bond acceptors (Lipinski definition) is 6. The van der Waals surface area contributed by atoms with Gasteiger partial charge in [-0.25, -0.2) is 9.18 Å². The number of oxazole rings is 1. The van der Waals surface area contributed by atoms with Crippen molar-refractivity contribution in [2.24, 2.45) is 5.92 Å². The van der Waals surface area contributed by atoms with Crippen LogP contribution >= 0.6 is 0 Å². The largest absolute Gasteiger partial charge is 0.417 e. The topological polar surface area (TPSA) is 90.7 Å². The van der Waals surface area contributed by atoms with Gasteiger partial charge in [0.2, 0.25) is 0 Å². The summed E-state index contributed by atoms with van der Waals surface area (Å²) in [5.41, 5.74) is 6.65. The number of nitrogens with one attached hydrogen (secondary N) is 2. The third-order valence-electron chi connectivity index (χ3n) is 6.13. The van der Waals surface area contributed by atoms with Crippen LogP contribution in [0.25, 0.3) is 16.8 Å². The number of aliphatic hydroxyl groups is 1. The fraction of sp³-hybridized carbons (Fsp3) is 0.348. The predicted molar refractivity (Wildman–Crippen MR) is 113 cm³/mol. The lowest BCUT2D eigenvalue weighted by Gasteiger charge is -2.35. The van der Waals surface area contributed by atoms with Crippen LogP contribution in [0.2, 0.25) is 0 Å². The first-order valence-electron chi connectivity index (χ1n) is 10.5. The number of likely N-dealkylation sites (tertiary alicyclic amines) is 1. The average Bonchev–Trinajstić information content (AvgIpc) is 3.39. The van der Waals surface area contributed by atoms with E-state index < -0.39 is 11.9 Å². The van der Waals surface area contributed by atoms with E-state index in [1.165, 1.54) is 12.1 Å². The van der Waals surface area contributed by atoms with E-state index in [2.05, 4.69) is 15.4 Å². The minimum Gasteiger partial charge on any atom is -0.408 e. The number of nitrogens with zero attached hydrogens (tertiary/aromatic N) is 1. The number of halogens is 1. The van der Waals surface area contributed by atoms with E-state index in [4.69, 9.17) is 9.25 Å². The zero-order valence-electron chi connectivity index (χ0n) is 16.9. The molecule has 1 fully saturated rings. The molecule has 0 aliphatic carbocycles. The molecule has 2 aromatic carbocycles. The van der Waals surface area contributed by atoms with Crippen molar-refractivity contribution in [1.29, 1.82) is 0 Å². The number of rotatable bonds is 5. The normalized spacial score (nSPS) is 21.2. The second-order valence-electron chi connectivity index (χ2n) is 8.20. The van der Waals surface area contributed by atoms with Crippen molar-refractivity contribution in [2.75, 3.05) is 19.6 Å². The van der Waals surface area contributed by atoms with Gasteiger partial charge >= 0.3 is 5.76 Å². The maximum atomic E-state index is 13.1. The highest BCUT2D eigenvalue weighted by Gasteiger charge is 2.28. The number of fused-ring (bicyclic) bond motifs is 1. The Morgan fingerprint density at radius 3 is 2.71 bits per heavy atom. The molecule has 0 saturated carbocycles. The van der Waals surface area contributed by atoms with E-state index in [0.29, 0.717) is 11.1 Å². The van der Waals surface area contributed by atoms with Crippen molar-refractivity contribution in [3.05, 3.63) is 76.0 Å². The number of benzene rings is 2. The summed E-state index contributed by atoms with van der Waals surface area (Å²) in [6.45, 7) is 2.48. The Morgan fingerprint density at radius 2 is 1.94 bits per heavy atom. The molecule has 1 aromatic heterocycles. The summed E-state index contributed by atoms with van der Waals surface area (Å²) in [4.78, 5) is 22.0. The summed E-state index contributed by atoms with van der Waals surface area (Å²) in [5.74, 6) is -0.596. The summed E-state index contributed by atoms with van der Waals surface area (Å²) in [7, 11) is 0. The van der Waals surface area contributed by atoms with Crippen LogP contribution in [-0.4, -0.2) is 40.7 Å². The van der Waals surface area contributed by atoms with Gasteiger partial charge in [0.05, 0.1) is 17.3 Å². The molecule has 31 heavy (non-hydrogen) atoms. The molecular weight excluding hydrogens is 401 g/mol. The Kier molecular flexibility index (Phi) is 5.35. The standard InChI is InChI=1S/C23H24FN3O4/c24-17-4-1-14(2-5-17)22(28)15-7-9-27(10-8-15)13-18-12-20(26-31-18)16-3-6-19-21(11-16)30-23(29)25-19/h1-6,11-12,15,18,22,26,28H,7-10,13H2,(H,25,29). The highest BCUT2D eigenvalue weighted by Crippen LogP contribution is 2.31. The van der Waals surface area contributed by atoms with Gasteiger partial charge < -0.3 is 14.4 Å². The monoisotopic (exact) mass is 425 g/mol. The average molecular weight is 425 g/mol. The molecule has 162 valence electrons. The van der Waals surface area contributed by atoms with Crippen LogP contribution in [0.5, 0.6) is 0 Å². The number of hydrogen-bond donors (Lipinski definition) is 3. The Bertz CT molecular complexity index is 1150. The second kappa shape index (κ2) is 8.30. The summed E-state index contributed by atoms with van der Waals surface area (Å²) < 4.78 is 18.2. The van der Waals surface area contributed by atoms with Gasteiger partial charge in [0.15, 0.2) is 5.58 Å². The van der Waals surface area contributed by atoms with Crippen molar-refractivity contribution < 1.29 is 18.8 Å². The van der Waals surface area contributed by atoms with Crippen molar-refractivity contribution in [3.8, 4) is 0 Å². The minimum absolute atomic E-state index is 0.0949. The Morgan fingerprint density at radius 1 is 1.16 bits per heavy atom. The van der Waals surface area contributed by atoms with Crippen molar-refractivity contribution in [3.63, 3.8) is 0 Å². The lowest BCUT2D eigenvalue weighted by molar-refractivity contribution is 0.00918. The van der Waals surface area contributed by atoms with Gasteiger partial charge in [0.25, 0.3) is 0 Å². The fourth-order valence-corrected chi connectivity index (χ4v) is 4.39. The molecule has 3 aromatic rings. The van der Waals surface area contributed by atoms with Gasteiger partial charge in [0, 0.05) is 12.1 Å². The van der Waals surface area contributed by atoms with Crippen molar-refractivity contribution in [1.82, 2.24) is 15.4 Å². The number of H-pyrrole nitrogens is 1. The van der Waals surface area contributed by atoms with Crippen LogP contribution in [0.3, 0.4) is 0 Å².